The smallest absolute Gasteiger partial charge is 0.331 e. The van der Waals surface area contributed by atoms with Gasteiger partial charge in [0.05, 0.1) is 13.2 Å². The molecule has 0 spiro atoms. The summed E-state index contributed by atoms with van der Waals surface area (Å²) in [4.78, 5) is 39.3. The zero-order valence-corrected chi connectivity index (χ0v) is 22.9. The first-order valence-corrected chi connectivity index (χ1v) is 13.4. The number of rotatable bonds is 9. The van der Waals surface area contributed by atoms with E-state index >= 15 is 0 Å². The summed E-state index contributed by atoms with van der Waals surface area (Å²) in [6.45, 7) is 8.02. The van der Waals surface area contributed by atoms with E-state index in [4.69, 9.17) is 9.47 Å². The number of amides is 1. The second-order valence-corrected chi connectivity index (χ2v) is 10.5. The number of carbonyl (C=O) groups is 3. The highest BCUT2D eigenvalue weighted by Crippen LogP contribution is 2.29. The molecule has 1 saturated carbocycles. The van der Waals surface area contributed by atoms with Crippen molar-refractivity contribution in [1.82, 2.24) is 0 Å². The minimum atomic E-state index is -0.536. The predicted octanol–water partition coefficient (Wildman–Crippen LogP) is 6.73. The first kappa shape index (κ1) is 28.9. The molecule has 3 rings (SSSR count). The van der Waals surface area contributed by atoms with Gasteiger partial charge < -0.3 is 14.4 Å². The Morgan fingerprint density at radius 3 is 2.21 bits per heavy atom. The van der Waals surface area contributed by atoms with Gasteiger partial charge in [-0.3, -0.25) is 4.79 Å². The summed E-state index contributed by atoms with van der Waals surface area (Å²) in [6.07, 6.45) is 11.4. The molecule has 6 nitrogen and oxygen atoms in total. The average molecular weight is 518 g/mol. The highest BCUT2D eigenvalue weighted by molar-refractivity contribution is 5.95. The first-order valence-electron chi connectivity index (χ1n) is 13.4. The van der Waals surface area contributed by atoms with Crippen LogP contribution in [0.4, 0.5) is 5.69 Å². The average Bonchev–Trinajstić information content (AvgIpc) is 2.89. The van der Waals surface area contributed by atoms with Crippen molar-refractivity contribution in [2.24, 2.45) is 5.92 Å². The molecule has 1 amide bonds. The van der Waals surface area contributed by atoms with Crippen LogP contribution in [-0.4, -0.2) is 30.1 Å². The molecular formula is C32H39NO5. The molecule has 6 heteroatoms. The fourth-order valence-electron chi connectivity index (χ4n) is 4.43. The van der Waals surface area contributed by atoms with Crippen molar-refractivity contribution in [3.8, 4) is 0 Å². The molecule has 0 heterocycles. The number of hydrogen-bond acceptors (Lipinski definition) is 5. The van der Waals surface area contributed by atoms with E-state index < -0.39 is 11.6 Å². The first-order chi connectivity index (χ1) is 18.1. The minimum absolute atomic E-state index is 0.0125. The molecule has 0 N–H and O–H groups in total. The lowest BCUT2D eigenvalue weighted by molar-refractivity contribution is -0.148. The summed E-state index contributed by atoms with van der Waals surface area (Å²) < 4.78 is 10.3. The highest BCUT2D eigenvalue weighted by atomic mass is 16.6. The van der Waals surface area contributed by atoms with Gasteiger partial charge in [-0.15, -0.1) is 0 Å². The van der Waals surface area contributed by atoms with Gasteiger partial charge in [-0.2, -0.15) is 0 Å². The van der Waals surface area contributed by atoms with Crippen molar-refractivity contribution >= 4 is 35.7 Å². The maximum atomic E-state index is 13.7. The molecule has 202 valence electrons. The fraction of sp³-hybridized carbons (Fsp3) is 0.406. The molecule has 0 aromatic heterocycles. The summed E-state index contributed by atoms with van der Waals surface area (Å²) in [5, 5.41) is 0. The zero-order chi connectivity index (χ0) is 27.5. The van der Waals surface area contributed by atoms with Crippen LogP contribution in [0, 0.1) is 5.92 Å². The molecule has 0 atom stereocenters. The van der Waals surface area contributed by atoms with E-state index in [1.807, 2.05) is 74.2 Å². The van der Waals surface area contributed by atoms with E-state index in [-0.39, 0.29) is 17.8 Å². The third kappa shape index (κ3) is 9.33. The Balaban J connectivity index is 1.80. The van der Waals surface area contributed by atoms with Gasteiger partial charge in [-0.05, 0) is 81.5 Å². The van der Waals surface area contributed by atoms with Crippen LogP contribution in [0.5, 0.6) is 0 Å². The van der Waals surface area contributed by atoms with Gasteiger partial charge in [0.25, 0.3) is 0 Å². The van der Waals surface area contributed by atoms with Crippen LogP contribution >= 0.6 is 0 Å². The van der Waals surface area contributed by atoms with E-state index in [9.17, 15) is 14.4 Å². The van der Waals surface area contributed by atoms with E-state index in [0.717, 1.165) is 48.1 Å². The van der Waals surface area contributed by atoms with Crippen LogP contribution in [0.15, 0.2) is 60.7 Å². The number of nitrogens with zero attached hydrogens (tertiary/aromatic N) is 1. The number of esters is 2. The highest BCUT2D eigenvalue weighted by Gasteiger charge is 2.27. The summed E-state index contributed by atoms with van der Waals surface area (Å²) in [7, 11) is 0. The zero-order valence-electron chi connectivity index (χ0n) is 22.9. The minimum Gasteiger partial charge on any atom is -0.463 e. The largest absolute Gasteiger partial charge is 0.463 e. The molecule has 1 aliphatic rings. The van der Waals surface area contributed by atoms with Gasteiger partial charge in [0, 0.05) is 23.8 Å². The molecule has 1 aliphatic carbocycles. The number of benzene rings is 2. The lowest BCUT2D eigenvalue weighted by Gasteiger charge is -2.30. The van der Waals surface area contributed by atoms with Crippen molar-refractivity contribution < 1.29 is 23.9 Å². The molecule has 0 saturated heterocycles. The summed E-state index contributed by atoms with van der Waals surface area (Å²) in [5.41, 5.74) is 2.93. The molecule has 0 bridgehead atoms. The predicted molar refractivity (Wildman–Crippen MR) is 151 cm³/mol. The molecule has 1 fully saturated rings. The van der Waals surface area contributed by atoms with Crippen molar-refractivity contribution in [3.05, 3.63) is 77.4 Å². The Morgan fingerprint density at radius 2 is 1.55 bits per heavy atom. The Morgan fingerprint density at radius 1 is 0.895 bits per heavy atom. The van der Waals surface area contributed by atoms with Gasteiger partial charge in [0.1, 0.15) is 5.60 Å². The monoisotopic (exact) mass is 517 g/mol. The SMILES string of the molecule is CCOC(=O)/C=C/c1cccc(N(Cc2ccc(/C=C/C(=O)OC(C)(C)C)cc2)C(=O)C2CCCCC2)c1. The third-order valence-electron chi connectivity index (χ3n) is 6.24. The topological polar surface area (TPSA) is 72.9 Å². The van der Waals surface area contributed by atoms with Gasteiger partial charge in [-0.25, -0.2) is 9.59 Å². The van der Waals surface area contributed by atoms with Gasteiger partial charge in [-0.1, -0.05) is 55.7 Å². The van der Waals surface area contributed by atoms with Crippen LogP contribution in [-0.2, 0) is 30.4 Å². The quantitative estimate of drug-likeness (QED) is 0.272. The lowest BCUT2D eigenvalue weighted by atomic mass is 9.88. The second-order valence-electron chi connectivity index (χ2n) is 10.5. The molecule has 0 radical (unpaired) electrons. The Hall–Kier alpha value is -3.67. The second kappa shape index (κ2) is 13.8. The number of ether oxygens (including phenoxy) is 2. The Labute approximate surface area is 226 Å². The Kier molecular flexibility index (Phi) is 10.5. The maximum Gasteiger partial charge on any atom is 0.331 e. The normalized spacial score (nSPS) is 14.5. The standard InChI is InChI=1S/C32H39NO5/c1-5-37-29(34)20-19-25-10-9-13-28(22-25)33(31(36)27-11-7-6-8-12-27)23-26-16-14-24(15-17-26)18-21-30(35)38-32(2,3)4/h9-10,13-22,27H,5-8,11-12,23H2,1-4H3/b20-19+,21-18+. The van der Waals surface area contributed by atoms with Crippen molar-refractivity contribution in [1.29, 1.82) is 0 Å². The van der Waals surface area contributed by atoms with Crippen LogP contribution < -0.4 is 4.90 Å². The molecule has 38 heavy (non-hydrogen) atoms. The molecular weight excluding hydrogens is 478 g/mol. The molecule has 2 aromatic rings. The fourth-order valence-corrected chi connectivity index (χ4v) is 4.43. The van der Waals surface area contributed by atoms with Gasteiger partial charge in [0.2, 0.25) is 5.91 Å². The summed E-state index contributed by atoms with van der Waals surface area (Å²) in [5.74, 6) is -0.639. The van der Waals surface area contributed by atoms with Crippen LogP contribution in [0.25, 0.3) is 12.2 Å². The number of carbonyl (C=O) groups excluding carboxylic acids is 3. The number of anilines is 1. The van der Waals surface area contributed by atoms with Crippen LogP contribution in [0.1, 0.15) is 76.5 Å². The summed E-state index contributed by atoms with van der Waals surface area (Å²) >= 11 is 0. The van der Waals surface area contributed by atoms with E-state index in [1.54, 1.807) is 19.1 Å². The van der Waals surface area contributed by atoms with Gasteiger partial charge >= 0.3 is 11.9 Å². The number of hydrogen-bond donors (Lipinski definition) is 0. The molecule has 2 aromatic carbocycles. The molecule has 0 unspecified atom stereocenters. The van der Waals surface area contributed by atoms with Gasteiger partial charge in [0.15, 0.2) is 0 Å². The molecule has 0 aliphatic heterocycles. The Bertz CT molecular complexity index is 1150. The third-order valence-corrected chi connectivity index (χ3v) is 6.24. The van der Waals surface area contributed by atoms with Crippen LogP contribution in [0.2, 0.25) is 0 Å². The van der Waals surface area contributed by atoms with Crippen molar-refractivity contribution in [2.75, 3.05) is 11.5 Å². The van der Waals surface area contributed by atoms with Crippen LogP contribution in [0.3, 0.4) is 0 Å². The van der Waals surface area contributed by atoms with Crippen molar-refractivity contribution in [2.45, 2.75) is 71.9 Å². The summed E-state index contributed by atoms with van der Waals surface area (Å²) in [6, 6.07) is 15.5. The van der Waals surface area contributed by atoms with E-state index in [1.165, 1.54) is 18.6 Å². The maximum absolute atomic E-state index is 13.7. The van der Waals surface area contributed by atoms with Crippen molar-refractivity contribution in [3.63, 3.8) is 0 Å². The van der Waals surface area contributed by atoms with E-state index in [0.29, 0.717) is 13.2 Å². The van der Waals surface area contributed by atoms with E-state index in [2.05, 4.69) is 0 Å². The lowest BCUT2D eigenvalue weighted by Crippen LogP contribution is -2.36.